The Morgan fingerprint density at radius 1 is 1.10 bits per heavy atom. The van der Waals surface area contributed by atoms with E-state index in [9.17, 15) is 9.59 Å². The molecule has 0 fully saturated rings. The van der Waals surface area contributed by atoms with Crippen molar-refractivity contribution in [3.63, 3.8) is 0 Å². The Kier molecular flexibility index (Phi) is 8.01. The lowest BCUT2D eigenvalue weighted by Gasteiger charge is -2.20. The molecule has 2 rings (SSSR count). The zero-order chi connectivity index (χ0) is 21.6. The fourth-order valence-electron chi connectivity index (χ4n) is 2.20. The van der Waals surface area contributed by atoms with Crippen molar-refractivity contribution < 1.29 is 14.3 Å². The Morgan fingerprint density at radius 2 is 1.76 bits per heavy atom. The number of ether oxygens (including phenoxy) is 1. The van der Waals surface area contributed by atoms with Gasteiger partial charge in [0.25, 0.3) is 11.8 Å². The number of amides is 2. The van der Waals surface area contributed by atoms with Gasteiger partial charge in [0.15, 0.2) is 11.7 Å². The molecule has 0 saturated heterocycles. The molecule has 0 unspecified atom stereocenters. The Balaban J connectivity index is 1.79. The maximum absolute atomic E-state index is 12.0. The summed E-state index contributed by atoms with van der Waals surface area (Å²) in [5.41, 5.74) is 6.36. The third-order valence-corrected chi connectivity index (χ3v) is 4.88. The molecular formula is C20H21BrClN3O3S. The molecule has 3 N–H and O–H groups in total. The highest BCUT2D eigenvalue weighted by molar-refractivity contribution is 9.10. The quantitative estimate of drug-likeness (QED) is 0.437. The van der Waals surface area contributed by atoms with Gasteiger partial charge in [-0.25, -0.2) is 0 Å². The maximum atomic E-state index is 12.0. The molecule has 0 aliphatic carbocycles. The zero-order valence-corrected chi connectivity index (χ0v) is 19.3. The second-order valence-electron chi connectivity index (χ2n) is 7.15. The van der Waals surface area contributed by atoms with Crippen molar-refractivity contribution in [3.05, 3.63) is 63.1 Å². The molecule has 154 valence electrons. The van der Waals surface area contributed by atoms with E-state index >= 15 is 0 Å². The average Bonchev–Trinajstić information content (AvgIpc) is 2.65. The van der Waals surface area contributed by atoms with Crippen molar-refractivity contribution in [3.8, 4) is 5.75 Å². The molecule has 0 atom stereocenters. The average molecular weight is 499 g/mol. The molecule has 0 aliphatic heterocycles. The van der Waals surface area contributed by atoms with E-state index in [0.29, 0.717) is 16.3 Å². The van der Waals surface area contributed by atoms with Gasteiger partial charge in [0.1, 0.15) is 5.75 Å². The molecule has 0 spiro atoms. The maximum Gasteiger partial charge on any atom is 0.276 e. The number of benzene rings is 2. The van der Waals surface area contributed by atoms with Crippen molar-refractivity contribution in [1.29, 1.82) is 0 Å². The molecule has 2 aromatic rings. The standard InChI is InChI=1S/C20H21BrClN3O3S/c1-20(2,3)13-6-9-16(15(21)10-13)28-11-17(26)24-25-19(29)23-18(27)12-4-7-14(22)8-5-12/h4-10H,11H2,1-3H3,(H,24,26)(H2,23,25,27,29). The van der Waals surface area contributed by atoms with E-state index in [4.69, 9.17) is 28.6 Å². The summed E-state index contributed by atoms with van der Waals surface area (Å²) in [5.74, 6) is -0.334. The van der Waals surface area contributed by atoms with Crippen LogP contribution in [0.15, 0.2) is 46.9 Å². The lowest BCUT2D eigenvalue weighted by Crippen LogP contribution is -2.49. The molecule has 2 amide bonds. The van der Waals surface area contributed by atoms with Gasteiger partial charge >= 0.3 is 0 Å². The van der Waals surface area contributed by atoms with E-state index in [0.717, 1.165) is 10.0 Å². The Hall–Kier alpha value is -2.16. The van der Waals surface area contributed by atoms with Crippen LogP contribution in [0.1, 0.15) is 36.7 Å². The third-order valence-electron chi connectivity index (χ3n) is 3.81. The van der Waals surface area contributed by atoms with Crippen molar-refractivity contribution in [2.75, 3.05) is 6.61 Å². The smallest absolute Gasteiger partial charge is 0.276 e. The summed E-state index contributed by atoms with van der Waals surface area (Å²) in [6.45, 7) is 6.11. The third kappa shape index (κ3) is 7.30. The minimum Gasteiger partial charge on any atom is -0.483 e. The van der Waals surface area contributed by atoms with Crippen LogP contribution in [0.25, 0.3) is 0 Å². The molecule has 9 heteroatoms. The Labute approximate surface area is 188 Å². The van der Waals surface area contributed by atoms with Crippen LogP contribution in [-0.4, -0.2) is 23.5 Å². The first-order chi connectivity index (χ1) is 13.6. The van der Waals surface area contributed by atoms with Crippen LogP contribution in [0.3, 0.4) is 0 Å². The van der Waals surface area contributed by atoms with E-state index in [1.165, 1.54) is 0 Å². The van der Waals surface area contributed by atoms with Gasteiger partial charge in [0.05, 0.1) is 4.47 Å². The van der Waals surface area contributed by atoms with E-state index in [-0.39, 0.29) is 17.1 Å². The fourth-order valence-corrected chi connectivity index (χ4v) is 2.96. The van der Waals surface area contributed by atoms with Gasteiger partial charge in [-0.1, -0.05) is 38.4 Å². The predicted molar refractivity (Wildman–Crippen MR) is 121 cm³/mol. The Bertz CT molecular complexity index is 914. The van der Waals surface area contributed by atoms with Gasteiger partial charge in [0, 0.05) is 10.6 Å². The van der Waals surface area contributed by atoms with Crippen molar-refractivity contribution in [2.24, 2.45) is 0 Å². The predicted octanol–water partition coefficient (Wildman–Crippen LogP) is 4.11. The number of carbonyl (C=O) groups excluding carboxylic acids is 2. The van der Waals surface area contributed by atoms with Crippen LogP contribution >= 0.6 is 39.7 Å². The summed E-state index contributed by atoms with van der Waals surface area (Å²) in [4.78, 5) is 24.0. The van der Waals surface area contributed by atoms with Crippen molar-refractivity contribution in [2.45, 2.75) is 26.2 Å². The highest BCUT2D eigenvalue weighted by atomic mass is 79.9. The van der Waals surface area contributed by atoms with E-state index in [2.05, 4.69) is 52.9 Å². The Morgan fingerprint density at radius 3 is 2.34 bits per heavy atom. The van der Waals surface area contributed by atoms with E-state index in [1.807, 2.05) is 18.2 Å². The van der Waals surface area contributed by atoms with Gasteiger partial charge in [-0.2, -0.15) is 0 Å². The molecule has 0 saturated carbocycles. The molecule has 6 nitrogen and oxygen atoms in total. The molecular weight excluding hydrogens is 478 g/mol. The molecule has 0 aliphatic rings. The summed E-state index contributed by atoms with van der Waals surface area (Å²) in [7, 11) is 0. The van der Waals surface area contributed by atoms with Gasteiger partial charge in [-0.05, 0) is 75.5 Å². The second kappa shape index (κ2) is 10.0. The number of hydrogen-bond donors (Lipinski definition) is 3. The van der Waals surface area contributed by atoms with E-state index in [1.54, 1.807) is 24.3 Å². The zero-order valence-electron chi connectivity index (χ0n) is 16.1. The summed E-state index contributed by atoms with van der Waals surface area (Å²) in [6, 6.07) is 12.0. The first kappa shape index (κ1) is 23.1. The number of hydrogen-bond acceptors (Lipinski definition) is 4. The number of thiocarbonyl (C=S) groups is 1. The highest BCUT2D eigenvalue weighted by Gasteiger charge is 2.16. The molecule has 0 heterocycles. The minimum atomic E-state index is -0.458. The van der Waals surface area contributed by atoms with Crippen LogP contribution in [0.5, 0.6) is 5.75 Å². The van der Waals surface area contributed by atoms with Crippen LogP contribution in [0, 0.1) is 0 Å². The fraction of sp³-hybridized carbons (Fsp3) is 0.250. The second-order valence-corrected chi connectivity index (χ2v) is 8.85. The minimum absolute atomic E-state index is 0.00842. The summed E-state index contributed by atoms with van der Waals surface area (Å²) in [6.07, 6.45) is 0. The number of hydrazine groups is 1. The lowest BCUT2D eigenvalue weighted by atomic mass is 9.87. The number of rotatable bonds is 4. The van der Waals surface area contributed by atoms with Gasteiger partial charge in [0.2, 0.25) is 0 Å². The van der Waals surface area contributed by atoms with E-state index < -0.39 is 11.8 Å². The van der Waals surface area contributed by atoms with Gasteiger partial charge < -0.3 is 4.74 Å². The lowest BCUT2D eigenvalue weighted by molar-refractivity contribution is -0.123. The van der Waals surface area contributed by atoms with Gasteiger partial charge in [-0.3, -0.25) is 25.8 Å². The summed E-state index contributed by atoms with van der Waals surface area (Å²) >= 11 is 14.2. The monoisotopic (exact) mass is 497 g/mol. The molecule has 0 aromatic heterocycles. The normalized spacial score (nSPS) is 10.8. The first-order valence-corrected chi connectivity index (χ1v) is 10.2. The summed E-state index contributed by atoms with van der Waals surface area (Å²) in [5, 5.41) is 2.92. The highest BCUT2D eigenvalue weighted by Crippen LogP contribution is 2.31. The molecule has 29 heavy (non-hydrogen) atoms. The van der Waals surface area contributed by atoms with Gasteiger partial charge in [-0.15, -0.1) is 0 Å². The molecule has 2 aromatic carbocycles. The summed E-state index contributed by atoms with van der Waals surface area (Å²) < 4.78 is 6.28. The topological polar surface area (TPSA) is 79.5 Å². The SMILES string of the molecule is CC(C)(C)c1ccc(OCC(=O)NNC(=S)NC(=O)c2ccc(Cl)cc2)c(Br)c1. The number of carbonyl (C=O) groups is 2. The van der Waals surface area contributed by atoms with Crippen molar-refractivity contribution >= 4 is 56.7 Å². The van der Waals surface area contributed by atoms with Crippen LogP contribution in [-0.2, 0) is 10.2 Å². The van der Waals surface area contributed by atoms with Crippen LogP contribution in [0.4, 0.5) is 0 Å². The van der Waals surface area contributed by atoms with Crippen LogP contribution < -0.4 is 20.9 Å². The van der Waals surface area contributed by atoms with Crippen molar-refractivity contribution in [1.82, 2.24) is 16.2 Å². The molecule has 0 bridgehead atoms. The van der Waals surface area contributed by atoms with Crippen LogP contribution in [0.2, 0.25) is 5.02 Å². The molecule has 0 radical (unpaired) electrons. The first-order valence-electron chi connectivity index (χ1n) is 8.65. The number of nitrogens with one attached hydrogen (secondary N) is 3. The largest absolute Gasteiger partial charge is 0.483 e. The number of halogens is 2.